The smallest absolute Gasteiger partial charge is 0.229 e. The van der Waals surface area contributed by atoms with Gasteiger partial charge < -0.3 is 4.74 Å². The molecule has 0 fully saturated rings. The standard InChI is InChI=1S/C11H12N4O2/c1-3-15-9(4-5-14-15)11(16)8-6-10(17-2)13-7-12-8/h4-7H,3H2,1-2H3. The van der Waals surface area contributed by atoms with E-state index in [1.54, 1.807) is 16.9 Å². The summed E-state index contributed by atoms with van der Waals surface area (Å²) in [5.74, 6) is 0.177. The molecule has 17 heavy (non-hydrogen) atoms. The van der Waals surface area contributed by atoms with Gasteiger partial charge in [0.25, 0.3) is 0 Å². The fraction of sp³-hybridized carbons (Fsp3) is 0.273. The van der Waals surface area contributed by atoms with E-state index in [2.05, 4.69) is 15.1 Å². The third-order valence-corrected chi connectivity index (χ3v) is 2.33. The van der Waals surface area contributed by atoms with Gasteiger partial charge in [0.1, 0.15) is 17.7 Å². The van der Waals surface area contributed by atoms with E-state index in [4.69, 9.17) is 4.74 Å². The summed E-state index contributed by atoms with van der Waals surface area (Å²) < 4.78 is 6.58. The lowest BCUT2D eigenvalue weighted by atomic mass is 10.2. The van der Waals surface area contributed by atoms with Crippen molar-refractivity contribution < 1.29 is 9.53 Å². The molecule has 0 radical (unpaired) electrons. The van der Waals surface area contributed by atoms with Gasteiger partial charge in [0.05, 0.1) is 7.11 Å². The summed E-state index contributed by atoms with van der Waals surface area (Å²) in [6.07, 6.45) is 2.90. The van der Waals surface area contributed by atoms with Crippen LogP contribution in [0.25, 0.3) is 0 Å². The molecule has 0 aliphatic carbocycles. The largest absolute Gasteiger partial charge is 0.481 e. The molecule has 2 heterocycles. The first-order chi connectivity index (χ1) is 8.26. The molecular formula is C11H12N4O2. The number of ketones is 1. The van der Waals surface area contributed by atoms with Gasteiger partial charge in [-0.15, -0.1) is 0 Å². The van der Waals surface area contributed by atoms with Crippen LogP contribution in [0.3, 0.4) is 0 Å². The summed E-state index contributed by atoms with van der Waals surface area (Å²) in [4.78, 5) is 19.9. The first-order valence-corrected chi connectivity index (χ1v) is 5.18. The average molecular weight is 232 g/mol. The summed E-state index contributed by atoms with van der Waals surface area (Å²) in [6.45, 7) is 2.56. The molecule has 0 spiro atoms. The number of hydrogen-bond donors (Lipinski definition) is 0. The van der Waals surface area contributed by atoms with Gasteiger partial charge in [-0.3, -0.25) is 9.48 Å². The van der Waals surface area contributed by atoms with Gasteiger partial charge in [0.15, 0.2) is 0 Å². The lowest BCUT2D eigenvalue weighted by molar-refractivity contribution is 0.102. The average Bonchev–Trinajstić information content (AvgIpc) is 2.86. The Morgan fingerprint density at radius 2 is 2.29 bits per heavy atom. The van der Waals surface area contributed by atoms with Crippen molar-refractivity contribution in [1.29, 1.82) is 0 Å². The highest BCUT2D eigenvalue weighted by molar-refractivity contribution is 6.06. The number of hydrogen-bond acceptors (Lipinski definition) is 5. The second kappa shape index (κ2) is 4.73. The maximum atomic E-state index is 12.1. The zero-order chi connectivity index (χ0) is 12.3. The fourth-order valence-electron chi connectivity index (χ4n) is 1.48. The minimum atomic E-state index is -0.190. The van der Waals surface area contributed by atoms with Crippen LogP contribution < -0.4 is 4.74 Å². The molecule has 2 aromatic heterocycles. The maximum Gasteiger partial charge on any atom is 0.229 e. The quantitative estimate of drug-likeness (QED) is 0.733. The van der Waals surface area contributed by atoms with Crippen LogP contribution in [0.4, 0.5) is 0 Å². The van der Waals surface area contributed by atoms with E-state index in [0.29, 0.717) is 23.8 Å². The first kappa shape index (κ1) is 11.3. The number of methoxy groups -OCH3 is 1. The number of carbonyl (C=O) groups excluding carboxylic acids is 1. The van der Waals surface area contributed by atoms with Crippen LogP contribution in [0.15, 0.2) is 24.7 Å². The van der Waals surface area contributed by atoms with E-state index in [0.717, 1.165) is 0 Å². The molecule has 6 heteroatoms. The van der Waals surface area contributed by atoms with E-state index in [9.17, 15) is 4.79 Å². The van der Waals surface area contributed by atoms with Crippen molar-refractivity contribution in [3.63, 3.8) is 0 Å². The van der Waals surface area contributed by atoms with Gasteiger partial charge in [-0.2, -0.15) is 5.10 Å². The Morgan fingerprint density at radius 1 is 1.47 bits per heavy atom. The Bertz CT molecular complexity index is 536. The third kappa shape index (κ3) is 2.15. The summed E-state index contributed by atoms with van der Waals surface area (Å²) in [7, 11) is 1.49. The highest BCUT2D eigenvalue weighted by Crippen LogP contribution is 2.11. The van der Waals surface area contributed by atoms with Crippen LogP contribution in [-0.4, -0.2) is 32.6 Å². The summed E-state index contributed by atoms with van der Waals surface area (Å²) >= 11 is 0. The van der Waals surface area contributed by atoms with Crippen molar-refractivity contribution in [3.8, 4) is 5.88 Å². The number of ether oxygens (including phenoxy) is 1. The fourth-order valence-corrected chi connectivity index (χ4v) is 1.48. The number of carbonyl (C=O) groups is 1. The molecule has 6 nitrogen and oxygen atoms in total. The van der Waals surface area contributed by atoms with Gasteiger partial charge in [-0.05, 0) is 13.0 Å². The molecule has 2 aromatic rings. The summed E-state index contributed by atoms with van der Waals surface area (Å²) in [5.41, 5.74) is 0.806. The molecule has 0 saturated carbocycles. The molecule has 2 rings (SSSR count). The second-order valence-corrected chi connectivity index (χ2v) is 3.31. The van der Waals surface area contributed by atoms with Crippen LogP contribution in [-0.2, 0) is 6.54 Å². The topological polar surface area (TPSA) is 69.9 Å². The highest BCUT2D eigenvalue weighted by atomic mass is 16.5. The predicted octanol–water partition coefficient (Wildman–Crippen LogP) is 0.933. The molecule has 0 amide bonds. The van der Waals surface area contributed by atoms with Crippen molar-refractivity contribution in [2.24, 2.45) is 0 Å². The van der Waals surface area contributed by atoms with Crippen LogP contribution in [0, 0.1) is 0 Å². The normalized spacial score (nSPS) is 10.2. The zero-order valence-electron chi connectivity index (χ0n) is 9.62. The van der Waals surface area contributed by atoms with Gasteiger partial charge >= 0.3 is 0 Å². The molecule has 0 bridgehead atoms. The lowest BCUT2D eigenvalue weighted by Crippen LogP contribution is -2.12. The van der Waals surface area contributed by atoms with Crippen LogP contribution in [0.1, 0.15) is 23.1 Å². The van der Waals surface area contributed by atoms with Gasteiger partial charge in [-0.25, -0.2) is 9.97 Å². The molecule has 0 aliphatic heterocycles. The van der Waals surface area contributed by atoms with Crippen molar-refractivity contribution in [1.82, 2.24) is 19.7 Å². The second-order valence-electron chi connectivity index (χ2n) is 3.31. The minimum Gasteiger partial charge on any atom is -0.481 e. The molecule has 0 N–H and O–H groups in total. The predicted molar refractivity (Wildman–Crippen MR) is 59.9 cm³/mol. The Labute approximate surface area is 98.3 Å². The molecule has 0 saturated heterocycles. The number of nitrogens with zero attached hydrogens (tertiary/aromatic N) is 4. The van der Waals surface area contributed by atoms with Gasteiger partial charge in [-0.1, -0.05) is 0 Å². The van der Waals surface area contributed by atoms with E-state index in [1.165, 1.54) is 19.5 Å². The third-order valence-electron chi connectivity index (χ3n) is 2.33. The van der Waals surface area contributed by atoms with E-state index < -0.39 is 0 Å². The molecule has 88 valence electrons. The minimum absolute atomic E-state index is 0.190. The van der Waals surface area contributed by atoms with Crippen molar-refractivity contribution in [3.05, 3.63) is 36.0 Å². The maximum absolute atomic E-state index is 12.1. The molecule has 0 aliphatic rings. The molecular weight excluding hydrogens is 220 g/mol. The number of aromatic nitrogens is 4. The number of aryl methyl sites for hydroxylation is 1. The monoisotopic (exact) mass is 232 g/mol. The zero-order valence-corrected chi connectivity index (χ0v) is 9.62. The Morgan fingerprint density at radius 3 is 3.00 bits per heavy atom. The van der Waals surface area contributed by atoms with Gasteiger partial charge in [0, 0.05) is 18.8 Å². The van der Waals surface area contributed by atoms with Crippen molar-refractivity contribution >= 4 is 5.78 Å². The Kier molecular flexibility index (Phi) is 3.13. The van der Waals surface area contributed by atoms with E-state index in [-0.39, 0.29) is 5.78 Å². The van der Waals surface area contributed by atoms with Gasteiger partial charge in [0.2, 0.25) is 11.7 Å². The van der Waals surface area contributed by atoms with Crippen molar-refractivity contribution in [2.45, 2.75) is 13.5 Å². The summed E-state index contributed by atoms with van der Waals surface area (Å²) in [5, 5.41) is 4.05. The van der Waals surface area contributed by atoms with Crippen LogP contribution >= 0.6 is 0 Å². The molecule has 0 atom stereocenters. The SMILES string of the molecule is CCn1nccc1C(=O)c1cc(OC)ncn1. The first-order valence-electron chi connectivity index (χ1n) is 5.18. The highest BCUT2D eigenvalue weighted by Gasteiger charge is 2.15. The number of rotatable bonds is 4. The Balaban J connectivity index is 2.36. The van der Waals surface area contributed by atoms with Crippen LogP contribution in [0.2, 0.25) is 0 Å². The summed E-state index contributed by atoms with van der Waals surface area (Å²) in [6, 6.07) is 3.18. The molecule has 0 aromatic carbocycles. The van der Waals surface area contributed by atoms with E-state index >= 15 is 0 Å². The van der Waals surface area contributed by atoms with Crippen molar-refractivity contribution in [2.75, 3.05) is 7.11 Å². The lowest BCUT2D eigenvalue weighted by Gasteiger charge is -2.04. The van der Waals surface area contributed by atoms with Crippen LogP contribution in [0.5, 0.6) is 5.88 Å². The van der Waals surface area contributed by atoms with E-state index in [1.807, 2.05) is 6.92 Å². The molecule has 0 unspecified atom stereocenters. The Hall–Kier alpha value is -2.24.